The molecule has 6 bridgehead atoms. The fraction of sp³-hybridized carbons (Fsp3) is 0.538. The molecule has 4 saturated carbocycles. The van der Waals surface area contributed by atoms with E-state index in [0.29, 0.717) is 23.3 Å². The summed E-state index contributed by atoms with van der Waals surface area (Å²) in [6, 6.07) is 3.31. The molecule has 0 spiro atoms. The van der Waals surface area contributed by atoms with Crippen LogP contribution in [0.15, 0.2) is 12.1 Å². The van der Waals surface area contributed by atoms with Gasteiger partial charge >= 0.3 is 0 Å². The molecule has 4 atom stereocenters. The zero-order valence-corrected chi connectivity index (χ0v) is 8.22. The maximum absolute atomic E-state index is 9.94. The van der Waals surface area contributed by atoms with E-state index >= 15 is 0 Å². The molecule has 2 N–H and O–H groups in total. The first kappa shape index (κ1) is 7.15. The summed E-state index contributed by atoms with van der Waals surface area (Å²) in [6.45, 7) is 0. The summed E-state index contributed by atoms with van der Waals surface area (Å²) in [4.78, 5) is 0. The Morgan fingerprint density at radius 1 is 0.867 bits per heavy atom. The number of aromatic hydroxyl groups is 2. The van der Waals surface area contributed by atoms with Crippen LogP contribution in [0.25, 0.3) is 0 Å². The van der Waals surface area contributed by atoms with Crippen LogP contribution in [0.4, 0.5) is 0 Å². The van der Waals surface area contributed by atoms with E-state index in [2.05, 4.69) is 0 Å². The lowest BCUT2D eigenvalue weighted by Gasteiger charge is -2.16. The van der Waals surface area contributed by atoms with Crippen LogP contribution in [0.2, 0.25) is 0 Å². The zero-order valence-electron chi connectivity index (χ0n) is 8.22. The predicted molar refractivity (Wildman–Crippen MR) is 53.8 cm³/mol. The van der Waals surface area contributed by atoms with Crippen molar-refractivity contribution < 1.29 is 10.2 Å². The van der Waals surface area contributed by atoms with Gasteiger partial charge in [-0.05, 0) is 54.1 Å². The number of fused-ring (bicyclic) bond motifs is 1. The third kappa shape index (κ3) is 0.518. The lowest BCUT2D eigenvalue weighted by molar-refractivity contribution is 0.440. The highest BCUT2D eigenvalue weighted by Crippen LogP contribution is 2.86. The number of rotatable bonds is 0. The molecular weight excluding hydrogens is 188 g/mol. The minimum Gasteiger partial charge on any atom is -0.508 e. The van der Waals surface area contributed by atoms with Gasteiger partial charge < -0.3 is 10.2 Å². The van der Waals surface area contributed by atoms with Crippen molar-refractivity contribution in [3.05, 3.63) is 23.3 Å². The van der Waals surface area contributed by atoms with Gasteiger partial charge in [-0.3, -0.25) is 0 Å². The Labute approximate surface area is 87.6 Å². The van der Waals surface area contributed by atoms with Crippen molar-refractivity contribution in [2.45, 2.75) is 18.3 Å². The number of hydrogen-bond donors (Lipinski definition) is 2. The van der Waals surface area contributed by atoms with Crippen molar-refractivity contribution in [1.29, 1.82) is 0 Å². The van der Waals surface area contributed by atoms with Gasteiger partial charge in [0.25, 0.3) is 0 Å². The minimum atomic E-state index is 0.422. The van der Waals surface area contributed by atoms with Crippen LogP contribution >= 0.6 is 0 Å². The van der Waals surface area contributed by atoms with Crippen molar-refractivity contribution in [2.75, 3.05) is 0 Å². The molecule has 6 rings (SSSR count). The van der Waals surface area contributed by atoms with Gasteiger partial charge in [0.1, 0.15) is 11.5 Å². The molecule has 0 aromatic heterocycles. The molecular formula is C13H12O2. The van der Waals surface area contributed by atoms with E-state index in [4.69, 9.17) is 0 Å². The number of hydrogen-bond acceptors (Lipinski definition) is 2. The molecule has 1 aromatic carbocycles. The highest BCUT2D eigenvalue weighted by Gasteiger charge is 2.77. The summed E-state index contributed by atoms with van der Waals surface area (Å²) in [5.41, 5.74) is 2.21. The summed E-state index contributed by atoms with van der Waals surface area (Å²) in [6.07, 6.45) is 1.35. The molecule has 0 heterocycles. The molecule has 4 unspecified atom stereocenters. The van der Waals surface area contributed by atoms with Gasteiger partial charge in [0.15, 0.2) is 0 Å². The lowest BCUT2D eigenvalue weighted by atomic mass is 9.90. The highest BCUT2D eigenvalue weighted by atomic mass is 16.3. The van der Waals surface area contributed by atoms with Crippen molar-refractivity contribution in [2.24, 2.45) is 23.7 Å². The summed E-state index contributed by atoms with van der Waals surface area (Å²) in [7, 11) is 0. The lowest BCUT2D eigenvalue weighted by Crippen LogP contribution is -2.01. The van der Waals surface area contributed by atoms with E-state index in [0.717, 1.165) is 34.8 Å². The third-order valence-electron chi connectivity index (χ3n) is 5.50. The first-order chi connectivity index (χ1) is 7.29. The van der Waals surface area contributed by atoms with Gasteiger partial charge in [0, 0.05) is 11.1 Å². The first-order valence-corrected chi connectivity index (χ1v) is 5.84. The fourth-order valence-electron chi connectivity index (χ4n) is 5.28. The number of benzene rings is 1. The standard InChI is InChI=1S/C13H12O2/c14-6-1-2-7(15)13-11-5-3-4-8(9(4)11)10(5)12(6)13/h1-2,4-5,8-11,14-15H,3H2. The predicted octanol–water partition coefficient (Wildman–Crippen LogP) is 2.17. The van der Waals surface area contributed by atoms with Crippen LogP contribution in [0, 0.1) is 23.7 Å². The highest BCUT2D eigenvalue weighted by molar-refractivity contribution is 5.61. The second kappa shape index (κ2) is 1.77. The normalized spacial score (nSPS) is 50.9. The van der Waals surface area contributed by atoms with Crippen LogP contribution < -0.4 is 0 Å². The number of phenols is 2. The van der Waals surface area contributed by atoms with E-state index in [1.165, 1.54) is 6.42 Å². The minimum absolute atomic E-state index is 0.422. The van der Waals surface area contributed by atoms with E-state index in [1.807, 2.05) is 0 Å². The summed E-state index contributed by atoms with van der Waals surface area (Å²) in [5.74, 6) is 5.42. The largest absolute Gasteiger partial charge is 0.508 e. The quantitative estimate of drug-likeness (QED) is 0.630. The van der Waals surface area contributed by atoms with Gasteiger partial charge in [-0.2, -0.15) is 0 Å². The molecule has 5 aliphatic carbocycles. The van der Waals surface area contributed by atoms with Gasteiger partial charge in [-0.1, -0.05) is 0 Å². The van der Waals surface area contributed by atoms with Crippen LogP contribution in [-0.2, 0) is 0 Å². The molecule has 0 radical (unpaired) electrons. The van der Waals surface area contributed by atoms with E-state index < -0.39 is 0 Å². The van der Waals surface area contributed by atoms with Gasteiger partial charge in [-0.15, -0.1) is 0 Å². The Morgan fingerprint density at radius 2 is 1.40 bits per heavy atom. The van der Waals surface area contributed by atoms with E-state index in [1.54, 1.807) is 12.1 Å². The average Bonchev–Trinajstić information content (AvgIpc) is 2.60. The maximum Gasteiger partial charge on any atom is 0.119 e. The Kier molecular flexibility index (Phi) is 0.844. The molecule has 0 saturated heterocycles. The topological polar surface area (TPSA) is 40.5 Å². The van der Waals surface area contributed by atoms with E-state index in [-0.39, 0.29) is 0 Å². The molecule has 0 amide bonds. The van der Waals surface area contributed by atoms with Crippen molar-refractivity contribution in [1.82, 2.24) is 0 Å². The first-order valence-electron chi connectivity index (χ1n) is 5.84. The zero-order chi connectivity index (χ0) is 9.89. The monoisotopic (exact) mass is 200 g/mol. The molecule has 4 fully saturated rings. The van der Waals surface area contributed by atoms with Gasteiger partial charge in [0.2, 0.25) is 0 Å². The second-order valence-electron chi connectivity index (χ2n) is 5.70. The molecule has 2 heteroatoms. The molecule has 76 valence electrons. The van der Waals surface area contributed by atoms with Crippen molar-refractivity contribution in [3.63, 3.8) is 0 Å². The molecule has 15 heavy (non-hydrogen) atoms. The molecule has 2 nitrogen and oxygen atoms in total. The smallest absolute Gasteiger partial charge is 0.119 e. The second-order valence-corrected chi connectivity index (χ2v) is 5.70. The maximum atomic E-state index is 9.94. The van der Waals surface area contributed by atoms with Gasteiger partial charge in [-0.25, -0.2) is 0 Å². The third-order valence-corrected chi connectivity index (χ3v) is 5.50. The van der Waals surface area contributed by atoms with Gasteiger partial charge in [0.05, 0.1) is 0 Å². The summed E-state index contributed by atoms with van der Waals surface area (Å²) < 4.78 is 0. The molecule has 1 aromatic rings. The van der Waals surface area contributed by atoms with Crippen LogP contribution in [0.3, 0.4) is 0 Å². The Bertz CT molecular complexity index is 465. The van der Waals surface area contributed by atoms with Crippen molar-refractivity contribution >= 4 is 0 Å². The Hall–Kier alpha value is -1.18. The van der Waals surface area contributed by atoms with Crippen LogP contribution in [0.1, 0.15) is 29.4 Å². The fourth-order valence-corrected chi connectivity index (χ4v) is 5.28. The summed E-state index contributed by atoms with van der Waals surface area (Å²) in [5, 5.41) is 19.9. The molecule has 5 aliphatic rings. The Balaban J connectivity index is 1.89. The number of phenolic OH excluding ortho intramolecular Hbond substituents is 2. The van der Waals surface area contributed by atoms with Crippen LogP contribution in [-0.4, -0.2) is 10.2 Å². The Morgan fingerprint density at radius 3 is 1.87 bits per heavy atom. The van der Waals surface area contributed by atoms with E-state index in [9.17, 15) is 10.2 Å². The molecule has 0 aliphatic heterocycles. The van der Waals surface area contributed by atoms with Crippen molar-refractivity contribution in [3.8, 4) is 11.5 Å². The average molecular weight is 200 g/mol. The summed E-state index contributed by atoms with van der Waals surface area (Å²) >= 11 is 0. The SMILES string of the molecule is Oc1ccc(O)c2c1C1C3CC4C1C4C23. The van der Waals surface area contributed by atoms with Crippen LogP contribution in [0.5, 0.6) is 11.5 Å².